The lowest BCUT2D eigenvalue weighted by Crippen LogP contribution is -1.83. The van der Waals surface area contributed by atoms with Gasteiger partial charge in [-0.2, -0.15) is 0 Å². The molecule has 0 atom stereocenters. The van der Waals surface area contributed by atoms with E-state index in [0.717, 1.165) is 11.8 Å². The summed E-state index contributed by atoms with van der Waals surface area (Å²) in [5, 5.41) is 0. The highest BCUT2D eigenvalue weighted by molar-refractivity contribution is 5.12. The summed E-state index contributed by atoms with van der Waals surface area (Å²) in [5.41, 5.74) is 9.46. The minimum Gasteiger partial charge on any atom is -0.0853 e. The first-order valence-electron chi connectivity index (χ1n) is 14.3. The lowest BCUT2D eigenvalue weighted by Gasteiger charge is -2.03. The van der Waals surface area contributed by atoms with Crippen LogP contribution in [0.4, 0.5) is 0 Å². The van der Waals surface area contributed by atoms with Gasteiger partial charge in [-0.1, -0.05) is 69.9 Å². The molecule has 0 nitrogen and oxygen atoms in total. The Morgan fingerprint density at radius 2 is 0.676 bits per heavy atom. The average molecular weight is 463 g/mol. The van der Waals surface area contributed by atoms with Crippen LogP contribution >= 0.6 is 0 Å². The van der Waals surface area contributed by atoms with Gasteiger partial charge in [0.2, 0.25) is 0 Å². The van der Waals surface area contributed by atoms with Gasteiger partial charge in [0.25, 0.3) is 0 Å². The van der Waals surface area contributed by atoms with Crippen molar-refractivity contribution in [2.24, 2.45) is 11.8 Å². The van der Waals surface area contributed by atoms with Gasteiger partial charge in [0.1, 0.15) is 0 Å². The van der Waals surface area contributed by atoms with Crippen molar-refractivity contribution in [3.8, 4) is 0 Å². The number of hydrogen-bond donors (Lipinski definition) is 0. The summed E-state index contributed by atoms with van der Waals surface area (Å²) < 4.78 is 0. The van der Waals surface area contributed by atoms with Gasteiger partial charge in [0.05, 0.1) is 0 Å². The molecule has 2 aliphatic rings. The Morgan fingerprint density at radius 1 is 0.412 bits per heavy atom. The predicted octanol–water partition coefficient (Wildman–Crippen LogP) is 11.4. The molecule has 0 aliphatic heterocycles. The highest BCUT2D eigenvalue weighted by Crippen LogP contribution is 2.37. The van der Waals surface area contributed by atoms with Crippen LogP contribution in [0.3, 0.4) is 0 Å². The third-order valence-electron chi connectivity index (χ3n) is 7.67. The van der Waals surface area contributed by atoms with Crippen molar-refractivity contribution in [3.63, 3.8) is 0 Å². The van der Waals surface area contributed by atoms with Crippen LogP contribution in [0.1, 0.15) is 131 Å². The van der Waals surface area contributed by atoms with E-state index in [1.54, 1.807) is 33.4 Å². The molecule has 0 bridgehead atoms. The topological polar surface area (TPSA) is 0 Å². The molecule has 2 saturated carbocycles. The molecule has 0 aromatic carbocycles. The first-order chi connectivity index (χ1) is 16.3. The normalized spacial score (nSPS) is 19.2. The first-order valence-corrected chi connectivity index (χ1v) is 14.3. The van der Waals surface area contributed by atoms with E-state index in [4.69, 9.17) is 0 Å². The largest absolute Gasteiger partial charge is 0.0853 e. The standard InChI is InChI=1S/C34H54/c1-27(15-9-17-29(3)19-11-21-31(5)33-23-24-33)13-7-8-14-28(2)16-10-18-30(4)20-12-22-32(6)34-25-26-34/h13-14,17-18,21-22,33-34H,7-12,15-16,19-20,23-26H2,1-6H3/b27-13+,28-14+,29-17+,30-18+,31-21-,32-22+. The SMILES string of the molecule is C/C(=C/CC/C(C)=C/CC/C(C)=C/CC/C=C(\C)CC/C=C(\C)CC/C=C(\C)C1CC1)C1CC1. The van der Waals surface area contributed by atoms with Gasteiger partial charge in [0.15, 0.2) is 0 Å². The molecule has 34 heavy (non-hydrogen) atoms. The Morgan fingerprint density at radius 3 is 0.971 bits per heavy atom. The Balaban J connectivity index is 1.52. The zero-order valence-corrected chi connectivity index (χ0v) is 23.5. The molecule has 0 unspecified atom stereocenters. The molecule has 2 fully saturated rings. The van der Waals surface area contributed by atoms with E-state index in [-0.39, 0.29) is 0 Å². The van der Waals surface area contributed by atoms with Crippen LogP contribution in [0.25, 0.3) is 0 Å². The van der Waals surface area contributed by atoms with Crippen molar-refractivity contribution in [1.29, 1.82) is 0 Å². The molecule has 0 N–H and O–H groups in total. The Labute approximate surface area is 213 Å². The molecule has 0 heteroatoms. The minimum atomic E-state index is 0.926. The lowest BCUT2D eigenvalue weighted by atomic mass is 10.0. The average Bonchev–Trinajstić information content (AvgIpc) is 3.69. The molecule has 0 saturated heterocycles. The van der Waals surface area contributed by atoms with Crippen molar-refractivity contribution in [2.75, 3.05) is 0 Å². The third-order valence-corrected chi connectivity index (χ3v) is 7.67. The maximum atomic E-state index is 2.47. The minimum absolute atomic E-state index is 0.926. The summed E-state index contributed by atoms with van der Waals surface area (Å²) in [4.78, 5) is 0. The lowest BCUT2D eigenvalue weighted by molar-refractivity contribution is 0.889. The van der Waals surface area contributed by atoms with Crippen LogP contribution in [-0.2, 0) is 0 Å². The second-order valence-corrected chi connectivity index (χ2v) is 11.4. The first kappa shape index (κ1) is 28.7. The van der Waals surface area contributed by atoms with Crippen molar-refractivity contribution >= 4 is 0 Å². The molecule has 0 amide bonds. The fourth-order valence-electron chi connectivity index (χ4n) is 4.63. The zero-order chi connectivity index (χ0) is 24.8. The number of hydrogen-bond acceptors (Lipinski definition) is 0. The zero-order valence-electron chi connectivity index (χ0n) is 23.5. The molecule has 0 aromatic heterocycles. The highest BCUT2D eigenvalue weighted by atomic mass is 14.3. The number of unbranched alkanes of at least 4 members (excludes halogenated alkanes) is 1. The summed E-state index contributed by atoms with van der Waals surface area (Å²) in [5.74, 6) is 1.85. The smallest absolute Gasteiger partial charge is 0.0206 e. The van der Waals surface area contributed by atoms with Gasteiger partial charge in [-0.05, 0) is 143 Å². The summed E-state index contributed by atoms with van der Waals surface area (Å²) in [7, 11) is 0. The van der Waals surface area contributed by atoms with Gasteiger partial charge < -0.3 is 0 Å². The van der Waals surface area contributed by atoms with Crippen molar-refractivity contribution < 1.29 is 0 Å². The van der Waals surface area contributed by atoms with Gasteiger partial charge >= 0.3 is 0 Å². The Bertz CT molecular complexity index is 716. The molecule has 0 radical (unpaired) electrons. The van der Waals surface area contributed by atoms with E-state index in [9.17, 15) is 0 Å². The predicted molar refractivity (Wildman–Crippen MR) is 154 cm³/mol. The van der Waals surface area contributed by atoms with Crippen molar-refractivity contribution in [1.82, 2.24) is 0 Å². The molecular weight excluding hydrogens is 408 g/mol. The van der Waals surface area contributed by atoms with Crippen molar-refractivity contribution in [2.45, 2.75) is 131 Å². The molecular formula is C34H54. The monoisotopic (exact) mass is 462 g/mol. The van der Waals surface area contributed by atoms with E-state index in [0.29, 0.717) is 0 Å². The summed E-state index contributed by atoms with van der Waals surface area (Å²) in [6.07, 6.45) is 32.5. The molecule has 2 rings (SSSR count). The third kappa shape index (κ3) is 14.0. The van der Waals surface area contributed by atoms with E-state index < -0.39 is 0 Å². The molecule has 0 aromatic rings. The van der Waals surface area contributed by atoms with E-state index in [2.05, 4.69) is 78.0 Å². The maximum absolute atomic E-state index is 2.47. The van der Waals surface area contributed by atoms with Gasteiger partial charge in [-0.3, -0.25) is 0 Å². The molecule has 0 heterocycles. The van der Waals surface area contributed by atoms with Crippen LogP contribution < -0.4 is 0 Å². The van der Waals surface area contributed by atoms with E-state index in [1.807, 2.05) is 0 Å². The fraction of sp³-hybridized carbons (Fsp3) is 0.647. The Hall–Kier alpha value is -1.56. The van der Waals surface area contributed by atoms with Crippen LogP contribution in [0.5, 0.6) is 0 Å². The second kappa shape index (κ2) is 16.2. The Kier molecular flexibility index (Phi) is 13.6. The quantitative estimate of drug-likeness (QED) is 0.149. The summed E-state index contributed by atoms with van der Waals surface area (Å²) in [6.45, 7) is 13.8. The second-order valence-electron chi connectivity index (χ2n) is 11.4. The number of allylic oxidation sites excluding steroid dienone is 12. The van der Waals surface area contributed by atoms with Crippen molar-refractivity contribution in [3.05, 3.63) is 69.9 Å². The van der Waals surface area contributed by atoms with Crippen LogP contribution in [0.2, 0.25) is 0 Å². The van der Waals surface area contributed by atoms with Crippen LogP contribution in [0.15, 0.2) is 69.9 Å². The molecule has 0 spiro atoms. The summed E-state index contributed by atoms with van der Waals surface area (Å²) >= 11 is 0. The van der Waals surface area contributed by atoms with Gasteiger partial charge in [-0.15, -0.1) is 0 Å². The summed E-state index contributed by atoms with van der Waals surface area (Å²) in [6, 6.07) is 0. The van der Waals surface area contributed by atoms with Crippen LogP contribution in [0, 0.1) is 11.8 Å². The van der Waals surface area contributed by atoms with Gasteiger partial charge in [-0.25, -0.2) is 0 Å². The molecule has 190 valence electrons. The van der Waals surface area contributed by atoms with E-state index in [1.165, 1.54) is 89.9 Å². The van der Waals surface area contributed by atoms with Gasteiger partial charge in [0, 0.05) is 0 Å². The maximum Gasteiger partial charge on any atom is -0.0206 e. The number of rotatable bonds is 17. The highest BCUT2D eigenvalue weighted by Gasteiger charge is 2.22. The molecule has 2 aliphatic carbocycles. The van der Waals surface area contributed by atoms with E-state index >= 15 is 0 Å². The fourth-order valence-corrected chi connectivity index (χ4v) is 4.63. The van der Waals surface area contributed by atoms with Crippen LogP contribution in [-0.4, -0.2) is 0 Å².